The molecule has 0 aliphatic rings. The molecule has 0 spiro atoms. The van der Waals surface area contributed by atoms with Gasteiger partial charge >= 0.3 is 5.97 Å². The smallest absolute Gasteiger partial charge is 0.340 e. The van der Waals surface area contributed by atoms with Gasteiger partial charge in [-0.2, -0.15) is 5.26 Å². The highest BCUT2D eigenvalue weighted by Crippen LogP contribution is 2.35. The molecule has 4 nitrogen and oxygen atoms in total. The highest BCUT2D eigenvalue weighted by atomic mass is 19.3. The minimum absolute atomic E-state index is 0.172. The number of alkyl halides is 2. The predicted molar refractivity (Wildman–Crippen MR) is 72.0 cm³/mol. The molecule has 108 valence electrons. The Bertz CT molecular complexity index is 713. The molecule has 2 aromatic rings. The zero-order chi connectivity index (χ0) is 15.6. The molecule has 0 fully saturated rings. The van der Waals surface area contributed by atoms with Gasteiger partial charge in [-0.05, 0) is 24.6 Å². The summed E-state index contributed by atoms with van der Waals surface area (Å²) in [6.07, 6.45) is -2.81. The van der Waals surface area contributed by atoms with Crippen LogP contribution in [0.1, 0.15) is 33.7 Å². The van der Waals surface area contributed by atoms with Crippen molar-refractivity contribution in [2.75, 3.05) is 7.11 Å². The van der Waals surface area contributed by atoms with Crippen LogP contribution in [0, 0.1) is 18.3 Å². The molecule has 0 saturated heterocycles. The van der Waals surface area contributed by atoms with Crippen molar-refractivity contribution in [3.63, 3.8) is 0 Å². The van der Waals surface area contributed by atoms with Gasteiger partial charge in [-0.1, -0.05) is 12.1 Å². The number of ether oxygens (including phenoxy) is 1. The first-order valence-corrected chi connectivity index (χ1v) is 6.09. The molecule has 0 amide bonds. The Morgan fingerprint density at radius 2 is 1.95 bits per heavy atom. The lowest BCUT2D eigenvalue weighted by Crippen LogP contribution is -2.06. The maximum Gasteiger partial charge on any atom is 0.340 e. The summed E-state index contributed by atoms with van der Waals surface area (Å²) in [5.41, 5.74) is 1.18. The van der Waals surface area contributed by atoms with E-state index in [1.807, 2.05) is 6.07 Å². The number of methoxy groups -OCH3 is 1. The average molecular weight is 290 g/mol. The number of carbonyl (C=O) groups is 1. The topological polar surface area (TPSA) is 65.9 Å². The molecule has 0 bridgehead atoms. The second kappa shape index (κ2) is 5.75. The van der Waals surface area contributed by atoms with Gasteiger partial charge in [-0.3, -0.25) is 0 Å². The largest absolute Gasteiger partial charge is 0.465 e. The molecule has 0 atom stereocenters. The second-order valence-corrected chi connectivity index (χ2v) is 4.40. The fraction of sp³-hybridized carbons (Fsp3) is 0.200. The normalized spacial score (nSPS) is 10.5. The van der Waals surface area contributed by atoms with Crippen molar-refractivity contribution in [1.29, 1.82) is 5.26 Å². The van der Waals surface area contributed by atoms with Gasteiger partial charge in [0.05, 0.1) is 30.0 Å². The van der Waals surface area contributed by atoms with Crippen LogP contribution in [-0.4, -0.2) is 18.1 Å². The number of nitriles is 1. The Morgan fingerprint density at radius 1 is 1.33 bits per heavy atom. The van der Waals surface area contributed by atoms with E-state index in [1.54, 1.807) is 31.2 Å². The summed E-state index contributed by atoms with van der Waals surface area (Å²) < 4.78 is 30.7. The van der Waals surface area contributed by atoms with Gasteiger partial charge in [0.15, 0.2) is 0 Å². The van der Waals surface area contributed by atoms with Gasteiger partial charge in [0, 0.05) is 11.3 Å². The van der Waals surface area contributed by atoms with Crippen molar-refractivity contribution < 1.29 is 18.3 Å². The fourth-order valence-corrected chi connectivity index (χ4v) is 2.20. The van der Waals surface area contributed by atoms with Crippen LogP contribution < -0.4 is 0 Å². The van der Waals surface area contributed by atoms with E-state index >= 15 is 0 Å². The van der Waals surface area contributed by atoms with Crippen LogP contribution in [-0.2, 0) is 4.74 Å². The molecule has 1 heterocycles. The summed E-state index contributed by atoms with van der Waals surface area (Å²) in [7, 11) is 1.14. The summed E-state index contributed by atoms with van der Waals surface area (Å²) in [4.78, 5) is 14.4. The molecule has 0 radical (unpaired) electrons. The highest BCUT2D eigenvalue weighted by molar-refractivity contribution is 5.99. The third kappa shape index (κ3) is 2.63. The van der Waals surface area contributed by atoms with Gasteiger partial charge in [0.2, 0.25) is 0 Å². The molecule has 0 saturated carbocycles. The number of hydrogen-bond donors (Lipinski definition) is 1. The van der Waals surface area contributed by atoms with Gasteiger partial charge < -0.3 is 9.72 Å². The number of halogens is 2. The van der Waals surface area contributed by atoms with Crippen LogP contribution in [0.15, 0.2) is 24.3 Å². The molecule has 1 aromatic heterocycles. The highest BCUT2D eigenvalue weighted by Gasteiger charge is 2.27. The van der Waals surface area contributed by atoms with Gasteiger partial charge in [-0.15, -0.1) is 0 Å². The molecule has 2 rings (SSSR count). The Hall–Kier alpha value is -2.68. The zero-order valence-electron chi connectivity index (χ0n) is 11.4. The van der Waals surface area contributed by atoms with Crippen molar-refractivity contribution >= 4 is 5.97 Å². The molecular formula is C15H12F2N2O2. The lowest BCUT2D eigenvalue weighted by molar-refractivity contribution is 0.0590. The van der Waals surface area contributed by atoms with Crippen molar-refractivity contribution in [3.05, 3.63) is 46.8 Å². The first-order chi connectivity index (χ1) is 9.99. The SMILES string of the molecule is COC(=O)c1c(C(F)F)[nH]c(C)c1-c1ccc(C#N)cc1. The number of aromatic nitrogens is 1. The number of nitrogens with one attached hydrogen (secondary N) is 1. The van der Waals surface area contributed by atoms with E-state index in [0.29, 0.717) is 22.4 Å². The first kappa shape index (κ1) is 14.7. The Labute approximate surface area is 120 Å². The summed E-state index contributed by atoms with van der Waals surface area (Å²) in [5.74, 6) is -0.825. The Kier molecular flexibility index (Phi) is 4.03. The summed E-state index contributed by atoms with van der Waals surface area (Å²) >= 11 is 0. The van der Waals surface area contributed by atoms with Gasteiger partial charge in [-0.25, -0.2) is 13.6 Å². The molecule has 1 N–H and O–H groups in total. The first-order valence-electron chi connectivity index (χ1n) is 6.09. The number of H-pyrrole nitrogens is 1. The summed E-state index contributed by atoms with van der Waals surface area (Å²) in [6, 6.07) is 8.31. The van der Waals surface area contributed by atoms with Gasteiger partial charge in [0.1, 0.15) is 0 Å². The summed E-state index contributed by atoms with van der Waals surface area (Å²) in [5, 5.41) is 8.78. The number of nitrogens with zero attached hydrogens (tertiary/aromatic N) is 1. The quantitative estimate of drug-likeness (QED) is 0.878. The predicted octanol–water partition coefficient (Wildman–Crippen LogP) is 3.59. The van der Waals surface area contributed by atoms with Gasteiger partial charge in [0.25, 0.3) is 6.43 Å². The number of aryl methyl sites for hydroxylation is 1. The molecule has 6 heteroatoms. The maximum absolute atomic E-state index is 13.1. The average Bonchev–Trinajstić information content (AvgIpc) is 2.84. The molecular weight excluding hydrogens is 278 g/mol. The van der Waals surface area contributed by atoms with Crippen molar-refractivity contribution in [2.24, 2.45) is 0 Å². The van der Waals surface area contributed by atoms with E-state index in [2.05, 4.69) is 9.72 Å². The minimum atomic E-state index is -2.81. The molecule has 0 unspecified atom stereocenters. The third-order valence-electron chi connectivity index (χ3n) is 3.13. The zero-order valence-corrected chi connectivity index (χ0v) is 11.4. The van der Waals surface area contributed by atoms with E-state index in [4.69, 9.17) is 5.26 Å². The molecule has 1 aromatic carbocycles. The number of carbonyl (C=O) groups excluding carboxylic acids is 1. The number of esters is 1. The lowest BCUT2D eigenvalue weighted by atomic mass is 9.99. The van der Waals surface area contributed by atoms with Crippen LogP contribution >= 0.6 is 0 Å². The third-order valence-corrected chi connectivity index (χ3v) is 3.13. The molecule has 0 aliphatic heterocycles. The standard InChI is InChI=1S/C15H12F2N2O2/c1-8-11(10-5-3-9(7-18)4-6-10)12(15(20)21-2)13(19-8)14(16)17/h3-6,14,19H,1-2H3. The van der Waals surface area contributed by atoms with Crippen LogP contribution in [0.25, 0.3) is 11.1 Å². The Morgan fingerprint density at radius 3 is 2.43 bits per heavy atom. The van der Waals surface area contributed by atoms with E-state index in [-0.39, 0.29) is 5.56 Å². The number of rotatable bonds is 3. The van der Waals surface area contributed by atoms with Crippen LogP contribution in [0.5, 0.6) is 0 Å². The maximum atomic E-state index is 13.1. The van der Waals surface area contributed by atoms with E-state index in [0.717, 1.165) is 7.11 Å². The van der Waals surface area contributed by atoms with E-state index in [1.165, 1.54) is 0 Å². The Balaban J connectivity index is 2.66. The second-order valence-electron chi connectivity index (χ2n) is 4.40. The number of aromatic amines is 1. The minimum Gasteiger partial charge on any atom is -0.465 e. The summed E-state index contributed by atoms with van der Waals surface area (Å²) in [6.45, 7) is 1.60. The van der Waals surface area contributed by atoms with E-state index < -0.39 is 18.1 Å². The van der Waals surface area contributed by atoms with E-state index in [9.17, 15) is 13.6 Å². The van der Waals surface area contributed by atoms with Crippen molar-refractivity contribution in [3.8, 4) is 17.2 Å². The van der Waals surface area contributed by atoms with Crippen LogP contribution in [0.4, 0.5) is 8.78 Å². The lowest BCUT2D eigenvalue weighted by Gasteiger charge is -2.06. The number of hydrogen-bond acceptors (Lipinski definition) is 3. The van der Waals surface area contributed by atoms with Crippen molar-refractivity contribution in [2.45, 2.75) is 13.3 Å². The number of benzene rings is 1. The monoisotopic (exact) mass is 290 g/mol. The van der Waals surface area contributed by atoms with Crippen LogP contribution in [0.2, 0.25) is 0 Å². The van der Waals surface area contributed by atoms with Crippen molar-refractivity contribution in [1.82, 2.24) is 4.98 Å². The molecule has 21 heavy (non-hydrogen) atoms. The fourth-order valence-electron chi connectivity index (χ4n) is 2.20. The molecule has 0 aliphatic carbocycles. The van der Waals surface area contributed by atoms with Crippen LogP contribution in [0.3, 0.4) is 0 Å².